The summed E-state index contributed by atoms with van der Waals surface area (Å²) >= 11 is 1.70. The van der Waals surface area contributed by atoms with Crippen molar-refractivity contribution in [3.8, 4) is 10.6 Å². The minimum Gasteiger partial charge on any atom is -0.309 e. The van der Waals surface area contributed by atoms with Gasteiger partial charge < -0.3 is 5.32 Å². The van der Waals surface area contributed by atoms with Crippen molar-refractivity contribution in [1.82, 2.24) is 20.3 Å². The summed E-state index contributed by atoms with van der Waals surface area (Å²) in [6.07, 6.45) is 5.87. The second kappa shape index (κ2) is 4.92. The highest BCUT2D eigenvalue weighted by molar-refractivity contribution is 7.13. The Labute approximate surface area is 120 Å². The van der Waals surface area contributed by atoms with E-state index in [1.165, 1.54) is 18.5 Å². The summed E-state index contributed by atoms with van der Waals surface area (Å²) in [6.45, 7) is 1.10. The van der Waals surface area contributed by atoms with Gasteiger partial charge in [-0.3, -0.25) is 9.97 Å². The molecular weight excluding hydrogens is 268 g/mol. The first-order valence-corrected chi connectivity index (χ1v) is 7.68. The average Bonchev–Trinajstić information content (AvgIpc) is 3.17. The SMILES string of the molecule is c1cnc2cc(-c3nc([C@@H]4CCCN4)cs3)ccc2n1. The van der Waals surface area contributed by atoms with Crippen LogP contribution in [0.5, 0.6) is 0 Å². The van der Waals surface area contributed by atoms with Gasteiger partial charge in [0, 0.05) is 23.3 Å². The Kier molecular flexibility index (Phi) is 2.94. The smallest absolute Gasteiger partial charge is 0.123 e. The maximum atomic E-state index is 4.78. The van der Waals surface area contributed by atoms with Gasteiger partial charge in [-0.15, -0.1) is 11.3 Å². The highest BCUT2D eigenvalue weighted by Gasteiger charge is 2.19. The van der Waals surface area contributed by atoms with E-state index in [2.05, 4.69) is 32.8 Å². The molecule has 100 valence electrons. The lowest BCUT2D eigenvalue weighted by atomic mass is 10.2. The molecule has 1 aliphatic rings. The van der Waals surface area contributed by atoms with Crippen molar-refractivity contribution >= 4 is 22.4 Å². The number of rotatable bonds is 2. The van der Waals surface area contributed by atoms with Crippen LogP contribution in [0, 0.1) is 0 Å². The van der Waals surface area contributed by atoms with Crippen LogP contribution in [-0.4, -0.2) is 21.5 Å². The van der Waals surface area contributed by atoms with E-state index in [1.807, 2.05) is 6.07 Å². The van der Waals surface area contributed by atoms with Crippen molar-refractivity contribution in [3.63, 3.8) is 0 Å². The summed E-state index contributed by atoms with van der Waals surface area (Å²) in [6, 6.07) is 6.57. The van der Waals surface area contributed by atoms with Crippen molar-refractivity contribution in [2.24, 2.45) is 0 Å². The molecule has 1 aromatic carbocycles. The molecule has 0 aliphatic carbocycles. The molecule has 0 bridgehead atoms. The topological polar surface area (TPSA) is 50.7 Å². The van der Waals surface area contributed by atoms with Gasteiger partial charge in [0.1, 0.15) is 5.01 Å². The van der Waals surface area contributed by atoms with Crippen molar-refractivity contribution in [1.29, 1.82) is 0 Å². The third-order valence-electron chi connectivity index (χ3n) is 3.66. The normalized spacial score (nSPS) is 18.7. The molecule has 0 amide bonds. The lowest BCUT2D eigenvalue weighted by Gasteiger charge is -2.05. The molecule has 5 heteroatoms. The zero-order chi connectivity index (χ0) is 13.4. The van der Waals surface area contributed by atoms with Crippen LogP contribution in [0.4, 0.5) is 0 Å². The van der Waals surface area contributed by atoms with E-state index in [0.29, 0.717) is 6.04 Å². The lowest BCUT2D eigenvalue weighted by Crippen LogP contribution is -2.12. The van der Waals surface area contributed by atoms with Crippen LogP contribution in [0.15, 0.2) is 36.0 Å². The van der Waals surface area contributed by atoms with Gasteiger partial charge in [0.25, 0.3) is 0 Å². The molecule has 4 rings (SSSR count). The summed E-state index contributed by atoms with van der Waals surface area (Å²) in [4.78, 5) is 13.4. The van der Waals surface area contributed by atoms with Crippen LogP contribution in [-0.2, 0) is 0 Å². The summed E-state index contributed by atoms with van der Waals surface area (Å²) in [7, 11) is 0. The zero-order valence-corrected chi connectivity index (χ0v) is 11.7. The van der Waals surface area contributed by atoms with E-state index in [9.17, 15) is 0 Å². The maximum absolute atomic E-state index is 4.78. The Morgan fingerprint density at radius 1 is 1.15 bits per heavy atom. The molecule has 1 aliphatic heterocycles. The fraction of sp³-hybridized carbons (Fsp3) is 0.267. The molecule has 1 atom stereocenters. The second-order valence-electron chi connectivity index (χ2n) is 4.99. The standard InChI is InChI=1S/C15H14N4S/c1-2-11(16-5-1)14-9-20-15(19-14)10-3-4-12-13(8-10)18-7-6-17-12/h3-4,6-9,11,16H,1-2,5H2/t11-/m0/s1. The van der Waals surface area contributed by atoms with Gasteiger partial charge in [-0.2, -0.15) is 0 Å². The Bertz CT molecular complexity index is 746. The molecule has 0 unspecified atom stereocenters. The summed E-state index contributed by atoms with van der Waals surface area (Å²) in [5.74, 6) is 0. The average molecular weight is 282 g/mol. The molecule has 1 fully saturated rings. The first-order chi connectivity index (χ1) is 9.90. The maximum Gasteiger partial charge on any atom is 0.123 e. The molecule has 20 heavy (non-hydrogen) atoms. The Balaban J connectivity index is 1.71. The minimum atomic E-state index is 0.431. The van der Waals surface area contributed by atoms with E-state index < -0.39 is 0 Å². The van der Waals surface area contributed by atoms with Gasteiger partial charge in [0.2, 0.25) is 0 Å². The van der Waals surface area contributed by atoms with E-state index in [-0.39, 0.29) is 0 Å². The molecular formula is C15H14N4S. The van der Waals surface area contributed by atoms with E-state index in [4.69, 9.17) is 4.98 Å². The highest BCUT2D eigenvalue weighted by Crippen LogP contribution is 2.30. The van der Waals surface area contributed by atoms with Crippen molar-refractivity contribution < 1.29 is 0 Å². The second-order valence-corrected chi connectivity index (χ2v) is 5.84. The van der Waals surface area contributed by atoms with Gasteiger partial charge >= 0.3 is 0 Å². The monoisotopic (exact) mass is 282 g/mol. The molecule has 3 heterocycles. The summed E-state index contributed by atoms with van der Waals surface area (Å²) in [5.41, 5.74) is 4.13. The largest absolute Gasteiger partial charge is 0.309 e. The fourth-order valence-corrected chi connectivity index (χ4v) is 3.48. The number of hydrogen-bond donors (Lipinski definition) is 1. The molecule has 0 saturated carbocycles. The lowest BCUT2D eigenvalue weighted by molar-refractivity contribution is 0.632. The van der Waals surface area contributed by atoms with Crippen LogP contribution < -0.4 is 5.32 Å². The number of thiazole rings is 1. The van der Waals surface area contributed by atoms with E-state index in [1.54, 1.807) is 23.7 Å². The highest BCUT2D eigenvalue weighted by atomic mass is 32.1. The summed E-state index contributed by atoms with van der Waals surface area (Å²) < 4.78 is 0. The summed E-state index contributed by atoms with van der Waals surface area (Å²) in [5, 5.41) is 6.71. The Hall–Kier alpha value is -1.85. The number of fused-ring (bicyclic) bond motifs is 1. The molecule has 1 N–H and O–H groups in total. The number of nitrogens with zero attached hydrogens (tertiary/aromatic N) is 3. The minimum absolute atomic E-state index is 0.431. The van der Waals surface area contributed by atoms with Gasteiger partial charge in [-0.1, -0.05) is 0 Å². The van der Waals surface area contributed by atoms with Crippen molar-refractivity contribution in [2.45, 2.75) is 18.9 Å². The predicted octanol–water partition coefficient (Wildman–Crippen LogP) is 3.18. The van der Waals surface area contributed by atoms with E-state index >= 15 is 0 Å². The molecule has 4 nitrogen and oxygen atoms in total. The quantitative estimate of drug-likeness (QED) is 0.784. The Morgan fingerprint density at radius 2 is 2.05 bits per heavy atom. The van der Waals surface area contributed by atoms with Crippen LogP contribution >= 0.6 is 11.3 Å². The Morgan fingerprint density at radius 3 is 2.90 bits per heavy atom. The first-order valence-electron chi connectivity index (χ1n) is 6.80. The third-order valence-corrected chi connectivity index (χ3v) is 4.57. The number of nitrogens with one attached hydrogen (secondary N) is 1. The van der Waals surface area contributed by atoms with Crippen LogP contribution in [0.3, 0.4) is 0 Å². The number of benzene rings is 1. The molecule has 2 aromatic heterocycles. The predicted molar refractivity (Wildman–Crippen MR) is 80.6 cm³/mol. The van der Waals surface area contributed by atoms with E-state index in [0.717, 1.165) is 28.1 Å². The van der Waals surface area contributed by atoms with Crippen molar-refractivity contribution in [2.75, 3.05) is 6.54 Å². The van der Waals surface area contributed by atoms with Crippen molar-refractivity contribution in [3.05, 3.63) is 41.7 Å². The zero-order valence-electron chi connectivity index (χ0n) is 10.9. The van der Waals surface area contributed by atoms with Gasteiger partial charge in [0.05, 0.1) is 22.8 Å². The molecule has 1 saturated heterocycles. The molecule has 0 spiro atoms. The first kappa shape index (κ1) is 11.9. The van der Waals surface area contributed by atoms with Gasteiger partial charge in [-0.05, 0) is 37.6 Å². The van der Waals surface area contributed by atoms with Crippen LogP contribution in [0.1, 0.15) is 24.6 Å². The van der Waals surface area contributed by atoms with Gasteiger partial charge in [0.15, 0.2) is 0 Å². The third kappa shape index (κ3) is 2.09. The van der Waals surface area contributed by atoms with Crippen LogP contribution in [0.2, 0.25) is 0 Å². The number of aromatic nitrogens is 3. The van der Waals surface area contributed by atoms with Gasteiger partial charge in [-0.25, -0.2) is 4.98 Å². The van der Waals surface area contributed by atoms with Crippen LogP contribution in [0.25, 0.3) is 21.6 Å². The fourth-order valence-electron chi connectivity index (χ4n) is 2.61. The number of hydrogen-bond acceptors (Lipinski definition) is 5. The molecule has 3 aromatic rings. The molecule has 0 radical (unpaired) electrons.